The fourth-order valence-electron chi connectivity index (χ4n) is 0.983. The first-order chi connectivity index (χ1) is 6.06. The maximum atomic E-state index is 11.2. The van der Waals surface area contributed by atoms with Crippen molar-refractivity contribution < 1.29 is 9.53 Å². The van der Waals surface area contributed by atoms with Crippen LogP contribution in [-0.2, 0) is 4.74 Å². The van der Waals surface area contributed by atoms with E-state index in [4.69, 9.17) is 11.6 Å². The Bertz CT molecular complexity index is 350. The molecule has 0 saturated carbocycles. The summed E-state index contributed by atoms with van der Waals surface area (Å²) in [5.74, 6) is -0.422. The van der Waals surface area contributed by atoms with Crippen LogP contribution >= 0.6 is 27.5 Å². The van der Waals surface area contributed by atoms with Gasteiger partial charge in [0.25, 0.3) is 0 Å². The van der Waals surface area contributed by atoms with E-state index in [-0.39, 0.29) is 0 Å². The molecule has 0 aliphatic heterocycles. The molecule has 2 nitrogen and oxygen atoms in total. The summed E-state index contributed by atoms with van der Waals surface area (Å²) in [7, 11) is 1.33. The molecular weight excluding hydrogens is 255 g/mol. The van der Waals surface area contributed by atoms with E-state index in [1.165, 1.54) is 7.11 Å². The Balaban J connectivity index is 3.28. The average Bonchev–Trinajstić information content (AvgIpc) is 2.10. The van der Waals surface area contributed by atoms with Crippen LogP contribution in [0.5, 0.6) is 0 Å². The van der Waals surface area contributed by atoms with Crippen LogP contribution in [0.15, 0.2) is 16.6 Å². The Morgan fingerprint density at radius 1 is 1.54 bits per heavy atom. The van der Waals surface area contributed by atoms with E-state index in [9.17, 15) is 4.79 Å². The predicted octanol–water partition coefficient (Wildman–Crippen LogP) is 3.20. The number of hydrogen-bond donors (Lipinski definition) is 0. The highest BCUT2D eigenvalue weighted by atomic mass is 79.9. The van der Waals surface area contributed by atoms with E-state index in [2.05, 4.69) is 20.7 Å². The molecule has 0 N–H and O–H groups in total. The van der Waals surface area contributed by atoms with Gasteiger partial charge < -0.3 is 4.74 Å². The molecule has 0 saturated heterocycles. The SMILES string of the molecule is COC(=O)c1cc(C)cc(Br)c1Cl. The zero-order valence-electron chi connectivity index (χ0n) is 7.23. The van der Waals surface area contributed by atoms with Crippen molar-refractivity contribution in [3.63, 3.8) is 0 Å². The second-order valence-corrected chi connectivity index (χ2v) is 3.83. The first-order valence-electron chi connectivity index (χ1n) is 3.60. The Morgan fingerprint density at radius 3 is 2.69 bits per heavy atom. The van der Waals surface area contributed by atoms with Gasteiger partial charge in [-0.25, -0.2) is 4.79 Å². The number of carbonyl (C=O) groups is 1. The van der Waals surface area contributed by atoms with Crippen molar-refractivity contribution in [1.82, 2.24) is 0 Å². The van der Waals surface area contributed by atoms with Gasteiger partial charge in [0.1, 0.15) is 0 Å². The third kappa shape index (κ3) is 2.23. The number of esters is 1. The van der Waals surface area contributed by atoms with Gasteiger partial charge in [0.05, 0.1) is 17.7 Å². The number of halogens is 2. The summed E-state index contributed by atoms with van der Waals surface area (Å²) in [5, 5.41) is 0.387. The molecule has 0 aromatic heterocycles. The van der Waals surface area contributed by atoms with Crippen LogP contribution in [0, 0.1) is 6.92 Å². The number of carbonyl (C=O) groups excluding carboxylic acids is 1. The standard InChI is InChI=1S/C9H8BrClO2/c1-5-3-6(9(12)13-2)8(11)7(10)4-5/h3-4H,1-2H3. The summed E-state index contributed by atoms with van der Waals surface area (Å²) in [6, 6.07) is 3.54. The third-order valence-electron chi connectivity index (χ3n) is 1.58. The van der Waals surface area contributed by atoms with Gasteiger partial charge in [-0.2, -0.15) is 0 Å². The highest BCUT2D eigenvalue weighted by Gasteiger charge is 2.13. The Hall–Kier alpha value is -0.540. The lowest BCUT2D eigenvalue weighted by molar-refractivity contribution is 0.0601. The van der Waals surface area contributed by atoms with Crippen molar-refractivity contribution in [2.45, 2.75) is 6.92 Å². The van der Waals surface area contributed by atoms with Crippen LogP contribution in [0.1, 0.15) is 15.9 Å². The maximum absolute atomic E-state index is 11.2. The summed E-state index contributed by atoms with van der Waals surface area (Å²) in [4.78, 5) is 11.2. The molecular formula is C9H8BrClO2. The topological polar surface area (TPSA) is 26.3 Å². The number of ether oxygens (including phenoxy) is 1. The summed E-state index contributed by atoms with van der Waals surface area (Å²) >= 11 is 9.15. The predicted molar refractivity (Wildman–Crippen MR) is 55.2 cm³/mol. The monoisotopic (exact) mass is 262 g/mol. The van der Waals surface area contributed by atoms with Gasteiger partial charge in [-0.3, -0.25) is 0 Å². The molecule has 0 amide bonds. The fraction of sp³-hybridized carbons (Fsp3) is 0.222. The van der Waals surface area contributed by atoms with Crippen molar-refractivity contribution in [2.24, 2.45) is 0 Å². The number of aryl methyl sites for hydroxylation is 1. The van der Waals surface area contributed by atoms with Crippen LogP contribution in [0.25, 0.3) is 0 Å². The van der Waals surface area contributed by atoms with Gasteiger partial charge >= 0.3 is 5.97 Å². The third-order valence-corrected chi connectivity index (χ3v) is 2.84. The molecule has 70 valence electrons. The Kier molecular flexibility index (Phi) is 3.33. The summed E-state index contributed by atoms with van der Waals surface area (Å²) in [5.41, 5.74) is 1.34. The van der Waals surface area contributed by atoms with Gasteiger partial charge in [-0.1, -0.05) is 11.6 Å². The maximum Gasteiger partial charge on any atom is 0.339 e. The second-order valence-electron chi connectivity index (χ2n) is 2.60. The molecule has 0 aliphatic rings. The van der Waals surface area contributed by atoms with Crippen molar-refractivity contribution >= 4 is 33.5 Å². The molecule has 13 heavy (non-hydrogen) atoms. The first kappa shape index (κ1) is 10.5. The molecule has 4 heteroatoms. The van der Waals surface area contributed by atoms with E-state index >= 15 is 0 Å². The van der Waals surface area contributed by atoms with Crippen molar-refractivity contribution in [1.29, 1.82) is 0 Å². The van der Waals surface area contributed by atoms with Crippen molar-refractivity contribution in [3.8, 4) is 0 Å². The average molecular weight is 264 g/mol. The summed E-state index contributed by atoms with van der Waals surface area (Å²) < 4.78 is 5.29. The molecule has 0 atom stereocenters. The van der Waals surface area contributed by atoms with Gasteiger partial charge in [-0.05, 0) is 40.5 Å². The molecule has 0 bridgehead atoms. The number of benzene rings is 1. The summed E-state index contributed by atoms with van der Waals surface area (Å²) in [6.45, 7) is 1.88. The zero-order valence-corrected chi connectivity index (χ0v) is 9.57. The lowest BCUT2D eigenvalue weighted by Gasteiger charge is -2.05. The molecule has 0 fully saturated rings. The van der Waals surface area contributed by atoms with E-state index in [1.54, 1.807) is 6.07 Å². The molecule has 0 unspecified atom stereocenters. The first-order valence-corrected chi connectivity index (χ1v) is 4.77. The van der Waals surface area contributed by atoms with Gasteiger partial charge in [-0.15, -0.1) is 0 Å². The number of rotatable bonds is 1. The normalized spacial score (nSPS) is 9.85. The lowest BCUT2D eigenvalue weighted by atomic mass is 10.1. The van der Waals surface area contributed by atoms with E-state index in [0.717, 1.165) is 5.56 Å². The molecule has 1 aromatic carbocycles. The van der Waals surface area contributed by atoms with Crippen LogP contribution in [0.4, 0.5) is 0 Å². The lowest BCUT2D eigenvalue weighted by Crippen LogP contribution is -2.02. The minimum atomic E-state index is -0.422. The molecule has 0 heterocycles. The van der Waals surface area contributed by atoms with Gasteiger partial charge in [0.2, 0.25) is 0 Å². The zero-order chi connectivity index (χ0) is 10.0. The van der Waals surface area contributed by atoms with Crippen LogP contribution < -0.4 is 0 Å². The van der Waals surface area contributed by atoms with Gasteiger partial charge in [0.15, 0.2) is 0 Å². The largest absolute Gasteiger partial charge is 0.465 e. The molecule has 1 rings (SSSR count). The molecule has 1 aromatic rings. The highest BCUT2D eigenvalue weighted by molar-refractivity contribution is 9.10. The minimum Gasteiger partial charge on any atom is -0.465 e. The van der Waals surface area contributed by atoms with Crippen LogP contribution in [-0.4, -0.2) is 13.1 Å². The van der Waals surface area contributed by atoms with E-state index in [0.29, 0.717) is 15.1 Å². The number of methoxy groups -OCH3 is 1. The molecule has 0 aliphatic carbocycles. The molecule has 0 spiro atoms. The van der Waals surface area contributed by atoms with Crippen LogP contribution in [0.3, 0.4) is 0 Å². The van der Waals surface area contributed by atoms with E-state index < -0.39 is 5.97 Å². The summed E-state index contributed by atoms with van der Waals surface area (Å²) in [6.07, 6.45) is 0. The molecule has 0 radical (unpaired) electrons. The number of hydrogen-bond acceptors (Lipinski definition) is 2. The second kappa shape index (κ2) is 4.11. The van der Waals surface area contributed by atoms with E-state index in [1.807, 2.05) is 13.0 Å². The Morgan fingerprint density at radius 2 is 2.15 bits per heavy atom. The van der Waals surface area contributed by atoms with Crippen LogP contribution in [0.2, 0.25) is 5.02 Å². The fourth-order valence-corrected chi connectivity index (χ4v) is 1.74. The Labute approximate surface area is 90.0 Å². The van der Waals surface area contributed by atoms with Crippen molar-refractivity contribution in [2.75, 3.05) is 7.11 Å². The highest BCUT2D eigenvalue weighted by Crippen LogP contribution is 2.28. The van der Waals surface area contributed by atoms with Crippen molar-refractivity contribution in [3.05, 3.63) is 32.8 Å². The van der Waals surface area contributed by atoms with Gasteiger partial charge in [0, 0.05) is 4.47 Å². The smallest absolute Gasteiger partial charge is 0.339 e. The minimum absolute atomic E-state index is 0.385. The quantitative estimate of drug-likeness (QED) is 0.727.